The van der Waals surface area contributed by atoms with Gasteiger partial charge in [0.1, 0.15) is 5.60 Å². The van der Waals surface area contributed by atoms with Gasteiger partial charge in [-0.15, -0.1) is 0 Å². The maximum atomic E-state index is 11.6. The summed E-state index contributed by atoms with van der Waals surface area (Å²) < 4.78 is 5.26. The van der Waals surface area contributed by atoms with E-state index < -0.39 is 5.60 Å². The molecule has 0 saturated carbocycles. The van der Waals surface area contributed by atoms with Gasteiger partial charge in [0.05, 0.1) is 6.54 Å². The fourth-order valence-electron chi connectivity index (χ4n) is 1.50. The molecule has 0 radical (unpaired) electrons. The zero-order valence-electron chi connectivity index (χ0n) is 12.3. The Morgan fingerprint density at radius 3 is 2.18 bits per heavy atom. The van der Waals surface area contributed by atoms with E-state index in [1.807, 2.05) is 34.9 Å². The number of hydrogen-bond donors (Lipinski definition) is 1. The molecule has 0 amide bonds. The van der Waals surface area contributed by atoms with Crippen LogP contribution in [0.1, 0.15) is 34.6 Å². The molecule has 0 aromatic heterocycles. The molecular weight excluding hydrogens is 216 g/mol. The molecule has 1 N–H and O–H groups in total. The Morgan fingerprint density at radius 1 is 1.29 bits per heavy atom. The number of carbonyl (C=O) groups excluding carboxylic acids is 1. The largest absolute Gasteiger partial charge is 0.459 e. The van der Waals surface area contributed by atoms with Gasteiger partial charge in [-0.3, -0.25) is 4.79 Å². The van der Waals surface area contributed by atoms with Crippen LogP contribution in [0.5, 0.6) is 0 Å². The van der Waals surface area contributed by atoms with Gasteiger partial charge in [0.15, 0.2) is 0 Å². The zero-order chi connectivity index (χ0) is 13.6. The van der Waals surface area contributed by atoms with Crippen molar-refractivity contribution in [3.05, 3.63) is 0 Å². The summed E-state index contributed by atoms with van der Waals surface area (Å²) in [6.45, 7) is 11.1. The van der Waals surface area contributed by atoms with Crippen molar-refractivity contribution in [2.75, 3.05) is 27.2 Å². The molecule has 0 heterocycles. The fraction of sp³-hybridized carbons (Fsp3) is 0.923. The average Bonchev–Trinajstić information content (AvgIpc) is 2.08. The van der Waals surface area contributed by atoms with Crippen molar-refractivity contribution in [1.82, 2.24) is 10.2 Å². The quantitative estimate of drug-likeness (QED) is 0.719. The minimum atomic E-state index is -0.409. The lowest BCUT2D eigenvalue weighted by atomic mass is 10.0. The molecule has 17 heavy (non-hydrogen) atoms. The second-order valence-electron chi connectivity index (χ2n) is 6.08. The first-order chi connectivity index (χ1) is 7.61. The molecule has 0 fully saturated rings. The third-order valence-corrected chi connectivity index (χ3v) is 2.30. The highest BCUT2D eigenvalue weighted by molar-refractivity contribution is 5.72. The molecule has 0 aliphatic rings. The SMILES string of the molecule is CC(C)C(CN(C)C)NCC(=O)OC(C)(C)C. The number of rotatable bonds is 6. The van der Waals surface area contributed by atoms with Crippen LogP contribution in [0.4, 0.5) is 0 Å². The molecule has 0 aromatic carbocycles. The number of hydrogen-bond acceptors (Lipinski definition) is 4. The van der Waals surface area contributed by atoms with E-state index in [1.165, 1.54) is 0 Å². The molecule has 0 saturated heterocycles. The van der Waals surface area contributed by atoms with Crippen LogP contribution in [0.15, 0.2) is 0 Å². The molecule has 4 heteroatoms. The minimum absolute atomic E-state index is 0.193. The summed E-state index contributed by atoms with van der Waals surface area (Å²) in [5.74, 6) is 0.293. The lowest BCUT2D eigenvalue weighted by Gasteiger charge is -2.26. The first kappa shape index (κ1) is 16.4. The zero-order valence-corrected chi connectivity index (χ0v) is 12.3. The highest BCUT2D eigenvalue weighted by atomic mass is 16.6. The first-order valence-corrected chi connectivity index (χ1v) is 6.22. The van der Waals surface area contributed by atoms with Crippen LogP contribution in [-0.4, -0.2) is 49.7 Å². The molecule has 0 rings (SSSR count). The minimum Gasteiger partial charge on any atom is -0.459 e. The molecule has 0 aliphatic heterocycles. The van der Waals surface area contributed by atoms with Crippen LogP contribution in [0.25, 0.3) is 0 Å². The van der Waals surface area contributed by atoms with Gasteiger partial charge < -0.3 is 15.0 Å². The lowest BCUT2D eigenvalue weighted by Crippen LogP contribution is -2.45. The Hall–Kier alpha value is -0.610. The summed E-state index contributed by atoms with van der Waals surface area (Å²) in [4.78, 5) is 13.7. The van der Waals surface area contributed by atoms with Gasteiger partial charge in [0, 0.05) is 12.6 Å². The molecule has 4 nitrogen and oxygen atoms in total. The van der Waals surface area contributed by atoms with Crippen molar-refractivity contribution in [2.45, 2.75) is 46.3 Å². The van der Waals surface area contributed by atoms with E-state index in [-0.39, 0.29) is 12.5 Å². The third kappa shape index (κ3) is 9.12. The van der Waals surface area contributed by atoms with Crippen LogP contribution in [0.2, 0.25) is 0 Å². The van der Waals surface area contributed by atoms with Crippen LogP contribution in [0.3, 0.4) is 0 Å². The smallest absolute Gasteiger partial charge is 0.320 e. The molecule has 0 aromatic rings. The number of carbonyl (C=O) groups is 1. The van der Waals surface area contributed by atoms with Gasteiger partial charge in [-0.05, 0) is 40.8 Å². The maximum absolute atomic E-state index is 11.6. The van der Waals surface area contributed by atoms with Crippen LogP contribution in [0, 0.1) is 5.92 Å². The van der Waals surface area contributed by atoms with Crippen molar-refractivity contribution < 1.29 is 9.53 Å². The summed E-state index contributed by atoms with van der Waals surface area (Å²) in [5.41, 5.74) is -0.409. The lowest BCUT2D eigenvalue weighted by molar-refractivity contribution is -0.153. The number of likely N-dealkylation sites (N-methyl/N-ethyl adjacent to an activating group) is 1. The Bertz CT molecular complexity index is 232. The summed E-state index contributed by atoms with van der Waals surface area (Å²) in [7, 11) is 4.06. The van der Waals surface area contributed by atoms with Gasteiger partial charge in [-0.1, -0.05) is 13.8 Å². The van der Waals surface area contributed by atoms with Crippen molar-refractivity contribution >= 4 is 5.97 Å². The highest BCUT2D eigenvalue weighted by Gasteiger charge is 2.19. The van der Waals surface area contributed by atoms with Gasteiger partial charge in [-0.25, -0.2) is 0 Å². The Kier molecular flexibility index (Phi) is 6.72. The Labute approximate surface area is 106 Å². The van der Waals surface area contributed by atoms with E-state index in [9.17, 15) is 4.79 Å². The average molecular weight is 244 g/mol. The van der Waals surface area contributed by atoms with Gasteiger partial charge in [0.2, 0.25) is 0 Å². The summed E-state index contributed by atoms with van der Waals surface area (Å²) in [5, 5.41) is 3.26. The van der Waals surface area contributed by atoms with Crippen molar-refractivity contribution in [3.8, 4) is 0 Å². The van der Waals surface area contributed by atoms with Gasteiger partial charge in [0.25, 0.3) is 0 Å². The maximum Gasteiger partial charge on any atom is 0.320 e. The van der Waals surface area contributed by atoms with E-state index in [2.05, 4.69) is 24.1 Å². The molecule has 102 valence electrons. The second kappa shape index (κ2) is 6.97. The summed E-state index contributed by atoms with van der Waals surface area (Å²) in [6, 6.07) is 0.303. The Balaban J connectivity index is 4.09. The van der Waals surface area contributed by atoms with Crippen molar-refractivity contribution in [1.29, 1.82) is 0 Å². The normalized spacial score (nSPS) is 14.2. The van der Waals surface area contributed by atoms with E-state index in [4.69, 9.17) is 4.74 Å². The fourth-order valence-corrected chi connectivity index (χ4v) is 1.50. The van der Waals surface area contributed by atoms with Gasteiger partial charge in [-0.2, -0.15) is 0 Å². The molecule has 1 atom stereocenters. The third-order valence-electron chi connectivity index (χ3n) is 2.30. The van der Waals surface area contributed by atoms with Crippen molar-refractivity contribution in [3.63, 3.8) is 0 Å². The monoisotopic (exact) mass is 244 g/mol. The van der Waals surface area contributed by atoms with E-state index >= 15 is 0 Å². The molecule has 1 unspecified atom stereocenters. The van der Waals surface area contributed by atoms with E-state index in [0.29, 0.717) is 12.0 Å². The van der Waals surface area contributed by atoms with E-state index in [1.54, 1.807) is 0 Å². The Morgan fingerprint density at radius 2 is 1.82 bits per heavy atom. The second-order valence-corrected chi connectivity index (χ2v) is 6.08. The number of esters is 1. The van der Waals surface area contributed by atoms with E-state index in [0.717, 1.165) is 6.54 Å². The first-order valence-electron chi connectivity index (χ1n) is 6.22. The molecule has 0 aliphatic carbocycles. The number of nitrogens with one attached hydrogen (secondary N) is 1. The summed E-state index contributed by atoms with van der Waals surface area (Å²) in [6.07, 6.45) is 0. The van der Waals surface area contributed by atoms with Gasteiger partial charge >= 0.3 is 5.97 Å². The summed E-state index contributed by atoms with van der Waals surface area (Å²) >= 11 is 0. The van der Waals surface area contributed by atoms with Crippen molar-refractivity contribution in [2.24, 2.45) is 5.92 Å². The highest BCUT2D eigenvalue weighted by Crippen LogP contribution is 2.07. The number of nitrogens with zero attached hydrogens (tertiary/aromatic N) is 1. The topological polar surface area (TPSA) is 41.6 Å². The van der Waals surface area contributed by atoms with Crippen LogP contribution in [-0.2, 0) is 9.53 Å². The molecule has 0 bridgehead atoms. The van der Waals surface area contributed by atoms with Crippen LogP contribution >= 0.6 is 0 Å². The van der Waals surface area contributed by atoms with Crippen LogP contribution < -0.4 is 5.32 Å². The predicted octanol–water partition coefficient (Wildman–Crippen LogP) is 1.50. The number of ether oxygens (including phenoxy) is 1. The molecular formula is C13H28N2O2. The predicted molar refractivity (Wildman–Crippen MR) is 71.0 cm³/mol. The molecule has 0 spiro atoms. The standard InChI is InChI=1S/C13H28N2O2/c1-10(2)11(9-15(6)7)14-8-12(16)17-13(3,4)5/h10-11,14H,8-9H2,1-7H3.